The Morgan fingerprint density at radius 2 is 2.20 bits per heavy atom. The maximum Gasteiger partial charge on any atom is 0.406 e. The van der Waals surface area contributed by atoms with Gasteiger partial charge in [0.15, 0.2) is 0 Å². The molecule has 0 bridgehead atoms. The van der Waals surface area contributed by atoms with Gasteiger partial charge in [-0.1, -0.05) is 0 Å². The first-order chi connectivity index (χ1) is 9.60. The molecule has 0 saturated heterocycles. The molecule has 2 heterocycles. The van der Waals surface area contributed by atoms with E-state index in [1.54, 1.807) is 38.4 Å². The van der Waals surface area contributed by atoms with Crippen LogP contribution in [0.5, 0.6) is 5.75 Å². The molecule has 0 unspecified atom stereocenters. The number of hydrogen-bond acceptors (Lipinski definition) is 6. The fourth-order valence-corrected chi connectivity index (χ4v) is 1.64. The number of rotatable bonds is 5. The van der Waals surface area contributed by atoms with Gasteiger partial charge in [-0.15, -0.1) is 0 Å². The molecule has 7 heteroatoms. The summed E-state index contributed by atoms with van der Waals surface area (Å²) in [6, 6.07) is 6.83. The zero-order valence-corrected chi connectivity index (χ0v) is 11.2. The first-order valence-electron chi connectivity index (χ1n) is 5.97. The molecule has 1 N–H and O–H groups in total. The highest BCUT2D eigenvalue weighted by Crippen LogP contribution is 2.25. The van der Waals surface area contributed by atoms with Crippen LogP contribution in [0.25, 0.3) is 0 Å². The number of pyridine rings is 2. The summed E-state index contributed by atoms with van der Waals surface area (Å²) in [7, 11) is 1.77. The number of ether oxygens (including phenoxy) is 1. The van der Waals surface area contributed by atoms with Crippen molar-refractivity contribution in [3.8, 4) is 5.75 Å². The van der Waals surface area contributed by atoms with E-state index in [2.05, 4.69) is 15.3 Å². The second-order valence-electron chi connectivity index (χ2n) is 4.12. The minimum atomic E-state index is -0.548. The molecule has 7 nitrogen and oxygen atoms in total. The maximum absolute atomic E-state index is 10.9. The van der Waals surface area contributed by atoms with Crippen molar-refractivity contribution in [2.24, 2.45) is 0 Å². The van der Waals surface area contributed by atoms with Crippen molar-refractivity contribution in [3.05, 3.63) is 51.8 Å². The average Bonchev–Trinajstić information content (AvgIpc) is 2.46. The molecule has 0 aliphatic rings. The van der Waals surface area contributed by atoms with Crippen molar-refractivity contribution in [2.75, 3.05) is 12.4 Å². The molecule has 20 heavy (non-hydrogen) atoms. The summed E-state index contributed by atoms with van der Waals surface area (Å²) in [6.07, 6.45) is 1.65. The molecule has 0 aliphatic heterocycles. The number of aryl methyl sites for hydroxylation is 1. The Bertz CT molecular complexity index is 631. The number of nitro groups is 1. The molecule has 0 radical (unpaired) electrons. The molecular weight excluding hydrogens is 260 g/mol. The highest BCUT2D eigenvalue weighted by atomic mass is 16.6. The van der Waals surface area contributed by atoms with Crippen molar-refractivity contribution >= 4 is 11.6 Å². The van der Waals surface area contributed by atoms with Gasteiger partial charge in [-0.2, -0.15) is 0 Å². The molecule has 0 fully saturated rings. The van der Waals surface area contributed by atoms with Gasteiger partial charge in [0, 0.05) is 20.2 Å². The molecule has 0 aliphatic carbocycles. The molecule has 104 valence electrons. The molecule has 2 aromatic heterocycles. The molecule has 0 amide bonds. The zero-order valence-electron chi connectivity index (χ0n) is 11.2. The number of nitrogens with zero attached hydrogens (tertiary/aromatic N) is 3. The lowest BCUT2D eigenvalue weighted by Crippen LogP contribution is -2.02. The van der Waals surface area contributed by atoms with Gasteiger partial charge in [0.2, 0.25) is 5.75 Å². The van der Waals surface area contributed by atoms with Crippen LogP contribution in [-0.4, -0.2) is 21.9 Å². The fourth-order valence-electron chi connectivity index (χ4n) is 1.64. The van der Waals surface area contributed by atoms with Crippen LogP contribution in [0.15, 0.2) is 30.5 Å². The predicted molar refractivity (Wildman–Crippen MR) is 73.7 cm³/mol. The number of hydrogen-bond donors (Lipinski definition) is 1. The molecule has 0 spiro atoms. The predicted octanol–water partition coefficient (Wildman–Crippen LogP) is 2.31. The summed E-state index contributed by atoms with van der Waals surface area (Å²) in [5.74, 6) is 0.596. The lowest BCUT2D eigenvalue weighted by Gasteiger charge is -2.07. The van der Waals surface area contributed by atoms with E-state index in [1.807, 2.05) is 6.07 Å². The quantitative estimate of drug-likeness (QED) is 0.664. The van der Waals surface area contributed by atoms with Gasteiger partial charge in [-0.25, -0.2) is 4.98 Å². The highest BCUT2D eigenvalue weighted by molar-refractivity contribution is 5.41. The summed E-state index contributed by atoms with van der Waals surface area (Å²) in [4.78, 5) is 18.3. The maximum atomic E-state index is 10.9. The van der Waals surface area contributed by atoms with Crippen molar-refractivity contribution in [3.63, 3.8) is 0 Å². The Balaban J connectivity index is 2.16. The summed E-state index contributed by atoms with van der Waals surface area (Å²) >= 11 is 0. The second kappa shape index (κ2) is 5.96. The topological polar surface area (TPSA) is 90.2 Å². The molecule has 0 aromatic carbocycles. The van der Waals surface area contributed by atoms with Crippen LogP contribution in [0, 0.1) is 17.0 Å². The van der Waals surface area contributed by atoms with Gasteiger partial charge in [0.1, 0.15) is 18.1 Å². The van der Waals surface area contributed by atoms with Crippen LogP contribution in [0.2, 0.25) is 0 Å². The average molecular weight is 274 g/mol. The highest BCUT2D eigenvalue weighted by Gasteiger charge is 2.17. The first kappa shape index (κ1) is 13.7. The Morgan fingerprint density at radius 3 is 2.90 bits per heavy atom. The monoisotopic (exact) mass is 274 g/mol. The zero-order chi connectivity index (χ0) is 14.5. The van der Waals surface area contributed by atoms with Crippen LogP contribution < -0.4 is 10.1 Å². The van der Waals surface area contributed by atoms with Gasteiger partial charge >= 0.3 is 5.82 Å². The molecule has 2 rings (SSSR count). The minimum Gasteiger partial charge on any atom is -0.481 e. The van der Waals surface area contributed by atoms with Gasteiger partial charge in [0.05, 0.1) is 0 Å². The Kier molecular flexibility index (Phi) is 4.09. The van der Waals surface area contributed by atoms with Crippen LogP contribution in [0.3, 0.4) is 0 Å². The van der Waals surface area contributed by atoms with E-state index in [4.69, 9.17) is 4.74 Å². The van der Waals surface area contributed by atoms with E-state index in [1.165, 1.54) is 0 Å². The standard InChI is InChI=1S/C13H14N4O3/c1-9-3-4-11(13(16-9)17(18)19)20-8-10-5-6-15-12(7-10)14-2/h3-7H,8H2,1-2H3,(H,14,15). The minimum absolute atomic E-state index is 0.156. The van der Waals surface area contributed by atoms with Crippen molar-refractivity contribution < 1.29 is 9.66 Å². The third-order valence-corrected chi connectivity index (χ3v) is 2.63. The summed E-state index contributed by atoms with van der Waals surface area (Å²) < 4.78 is 5.48. The van der Waals surface area contributed by atoms with E-state index in [9.17, 15) is 10.1 Å². The van der Waals surface area contributed by atoms with Gasteiger partial charge < -0.3 is 20.2 Å². The van der Waals surface area contributed by atoms with Gasteiger partial charge in [0.25, 0.3) is 0 Å². The van der Waals surface area contributed by atoms with Crippen LogP contribution in [0.1, 0.15) is 11.3 Å². The van der Waals surface area contributed by atoms with E-state index >= 15 is 0 Å². The summed E-state index contributed by atoms with van der Waals surface area (Å²) in [6.45, 7) is 1.90. The van der Waals surface area contributed by atoms with Crippen LogP contribution in [0.4, 0.5) is 11.6 Å². The lowest BCUT2D eigenvalue weighted by molar-refractivity contribution is -0.390. The van der Waals surface area contributed by atoms with E-state index in [-0.39, 0.29) is 18.2 Å². The Labute approximate surface area is 115 Å². The Morgan fingerprint density at radius 1 is 1.40 bits per heavy atom. The summed E-state index contributed by atoms with van der Waals surface area (Å²) in [5.41, 5.74) is 1.43. The normalized spacial score (nSPS) is 10.1. The van der Waals surface area contributed by atoms with Gasteiger partial charge in [-0.3, -0.25) is 0 Å². The van der Waals surface area contributed by atoms with Crippen molar-refractivity contribution in [1.82, 2.24) is 9.97 Å². The van der Waals surface area contributed by atoms with E-state index in [0.717, 1.165) is 5.56 Å². The smallest absolute Gasteiger partial charge is 0.406 e. The molecule has 0 atom stereocenters. The largest absolute Gasteiger partial charge is 0.481 e. The third kappa shape index (κ3) is 3.19. The molecular formula is C13H14N4O3. The molecule has 2 aromatic rings. The SMILES string of the molecule is CNc1cc(COc2ccc(C)nc2[N+](=O)[O-])ccn1. The lowest BCUT2D eigenvalue weighted by atomic mass is 10.3. The number of aromatic nitrogens is 2. The summed E-state index contributed by atoms with van der Waals surface area (Å²) in [5, 5.41) is 13.8. The van der Waals surface area contributed by atoms with Crippen molar-refractivity contribution in [1.29, 1.82) is 0 Å². The molecule has 0 saturated carbocycles. The van der Waals surface area contributed by atoms with E-state index < -0.39 is 4.92 Å². The first-order valence-corrected chi connectivity index (χ1v) is 5.97. The second-order valence-corrected chi connectivity index (χ2v) is 4.12. The van der Waals surface area contributed by atoms with E-state index in [0.29, 0.717) is 11.5 Å². The number of nitrogens with one attached hydrogen (secondary N) is 1. The van der Waals surface area contributed by atoms with Crippen molar-refractivity contribution in [2.45, 2.75) is 13.5 Å². The fraction of sp³-hybridized carbons (Fsp3) is 0.231. The van der Waals surface area contributed by atoms with Crippen LogP contribution in [-0.2, 0) is 6.61 Å². The van der Waals surface area contributed by atoms with Gasteiger partial charge in [-0.05, 0) is 39.7 Å². The number of anilines is 1. The Hall–Kier alpha value is -2.70. The van der Waals surface area contributed by atoms with Crippen LogP contribution >= 0.6 is 0 Å². The third-order valence-electron chi connectivity index (χ3n) is 2.63.